The zero-order chi connectivity index (χ0) is 16.8. The molecular formula is C17H20ClN5O. The topological polar surface area (TPSA) is 71.0 Å². The Bertz CT molecular complexity index is 656. The van der Waals surface area contributed by atoms with Gasteiger partial charge in [-0.05, 0) is 44.5 Å². The summed E-state index contributed by atoms with van der Waals surface area (Å²) in [6.45, 7) is 2.38. The molecule has 1 N–H and O–H groups in total. The van der Waals surface area contributed by atoms with Crippen molar-refractivity contribution in [3.05, 3.63) is 53.3 Å². The minimum absolute atomic E-state index is 0.0811. The molecule has 0 radical (unpaired) electrons. The van der Waals surface area contributed by atoms with Gasteiger partial charge >= 0.3 is 0 Å². The minimum atomic E-state index is -0.0811. The Labute approximate surface area is 146 Å². The van der Waals surface area contributed by atoms with Gasteiger partial charge in [0.05, 0.1) is 5.02 Å². The predicted octanol–water partition coefficient (Wildman–Crippen LogP) is 2.31. The molecule has 0 aliphatic carbocycles. The van der Waals surface area contributed by atoms with E-state index < -0.39 is 0 Å². The van der Waals surface area contributed by atoms with Crippen LogP contribution >= 0.6 is 11.6 Å². The van der Waals surface area contributed by atoms with Crippen molar-refractivity contribution in [2.24, 2.45) is 0 Å². The van der Waals surface area contributed by atoms with Crippen LogP contribution in [0.3, 0.4) is 0 Å². The van der Waals surface area contributed by atoms with Crippen molar-refractivity contribution >= 4 is 17.5 Å². The highest BCUT2D eigenvalue weighted by molar-refractivity contribution is 6.30. The summed E-state index contributed by atoms with van der Waals surface area (Å²) in [5.41, 5.74) is 1.32. The molecule has 0 saturated carbocycles. The molecule has 1 amide bonds. The summed E-state index contributed by atoms with van der Waals surface area (Å²) < 4.78 is 0. The molecule has 2 aromatic heterocycles. The molecule has 1 aliphatic heterocycles. The first-order valence-electron chi connectivity index (χ1n) is 8.11. The number of hydrogen-bond acceptors (Lipinski definition) is 5. The van der Waals surface area contributed by atoms with E-state index in [1.165, 1.54) is 12.5 Å². The standard InChI is InChI=1S/C17H20ClN5O/c18-14-3-4-16(22-10-14)17(24)23(11-13-8-20-12-21-9-13)15-2-1-6-19-7-5-15/h3-4,8-10,12,15,19H,1-2,5-7,11H2. The lowest BCUT2D eigenvalue weighted by Gasteiger charge is -2.31. The third-order valence-corrected chi connectivity index (χ3v) is 4.38. The van der Waals surface area contributed by atoms with E-state index in [1.807, 2.05) is 4.90 Å². The molecule has 1 fully saturated rings. The lowest BCUT2D eigenvalue weighted by molar-refractivity contribution is 0.0639. The van der Waals surface area contributed by atoms with Gasteiger partial charge in [-0.15, -0.1) is 0 Å². The van der Waals surface area contributed by atoms with Gasteiger partial charge in [-0.25, -0.2) is 15.0 Å². The van der Waals surface area contributed by atoms with E-state index in [4.69, 9.17) is 11.6 Å². The van der Waals surface area contributed by atoms with E-state index in [1.54, 1.807) is 24.5 Å². The number of carbonyl (C=O) groups is 1. The Hall–Kier alpha value is -2.05. The van der Waals surface area contributed by atoms with Gasteiger partial charge < -0.3 is 10.2 Å². The van der Waals surface area contributed by atoms with Crippen LogP contribution in [-0.4, -0.2) is 44.9 Å². The molecule has 7 heteroatoms. The summed E-state index contributed by atoms with van der Waals surface area (Å²) in [4.78, 5) is 27.2. The number of amides is 1. The molecule has 24 heavy (non-hydrogen) atoms. The van der Waals surface area contributed by atoms with Crippen LogP contribution in [0.2, 0.25) is 5.02 Å². The van der Waals surface area contributed by atoms with Gasteiger partial charge in [-0.3, -0.25) is 4.79 Å². The van der Waals surface area contributed by atoms with Crippen LogP contribution in [0, 0.1) is 0 Å². The van der Waals surface area contributed by atoms with Crippen LogP contribution in [0.4, 0.5) is 0 Å². The number of carbonyl (C=O) groups excluding carboxylic acids is 1. The third-order valence-electron chi connectivity index (χ3n) is 4.16. The Balaban J connectivity index is 1.85. The molecule has 2 aromatic rings. The zero-order valence-electron chi connectivity index (χ0n) is 13.4. The fraction of sp³-hybridized carbons (Fsp3) is 0.412. The quantitative estimate of drug-likeness (QED) is 0.920. The summed E-state index contributed by atoms with van der Waals surface area (Å²) in [5, 5.41) is 3.91. The normalized spacial score (nSPS) is 18.0. The first-order valence-corrected chi connectivity index (χ1v) is 8.49. The van der Waals surface area contributed by atoms with Crippen molar-refractivity contribution in [3.8, 4) is 0 Å². The van der Waals surface area contributed by atoms with Crippen LogP contribution < -0.4 is 5.32 Å². The van der Waals surface area contributed by atoms with Gasteiger partial charge in [-0.1, -0.05) is 11.6 Å². The summed E-state index contributed by atoms with van der Waals surface area (Å²) in [6, 6.07) is 3.54. The minimum Gasteiger partial charge on any atom is -0.330 e. The molecule has 0 spiro atoms. The second-order valence-corrected chi connectivity index (χ2v) is 6.31. The number of aromatic nitrogens is 3. The average Bonchev–Trinajstić information content (AvgIpc) is 2.90. The SMILES string of the molecule is O=C(c1ccc(Cl)cn1)N(Cc1cncnc1)C1CCCNCC1. The summed E-state index contributed by atoms with van der Waals surface area (Å²) >= 11 is 5.88. The Kier molecular flexibility index (Phi) is 5.72. The Morgan fingerprint density at radius 1 is 1.21 bits per heavy atom. The largest absolute Gasteiger partial charge is 0.330 e. The second kappa shape index (κ2) is 8.17. The van der Waals surface area contributed by atoms with Crippen LogP contribution in [-0.2, 0) is 6.54 Å². The maximum Gasteiger partial charge on any atom is 0.272 e. The Morgan fingerprint density at radius 3 is 2.79 bits per heavy atom. The van der Waals surface area contributed by atoms with Gasteiger partial charge in [0.25, 0.3) is 5.91 Å². The number of hydrogen-bond donors (Lipinski definition) is 1. The first kappa shape index (κ1) is 16.8. The Morgan fingerprint density at radius 2 is 2.04 bits per heavy atom. The lowest BCUT2D eigenvalue weighted by atomic mass is 10.1. The van der Waals surface area contributed by atoms with Crippen molar-refractivity contribution < 1.29 is 4.79 Å². The highest BCUT2D eigenvalue weighted by atomic mass is 35.5. The molecule has 126 valence electrons. The number of nitrogens with one attached hydrogen (secondary N) is 1. The second-order valence-electron chi connectivity index (χ2n) is 5.88. The highest BCUT2D eigenvalue weighted by Crippen LogP contribution is 2.19. The van der Waals surface area contributed by atoms with Crippen molar-refractivity contribution in [3.63, 3.8) is 0 Å². The van der Waals surface area contributed by atoms with Crippen LogP contribution in [0.25, 0.3) is 0 Å². The van der Waals surface area contributed by atoms with Crippen LogP contribution in [0.15, 0.2) is 37.1 Å². The van der Waals surface area contributed by atoms with Crippen molar-refractivity contribution in [2.75, 3.05) is 13.1 Å². The number of halogens is 1. The van der Waals surface area contributed by atoms with Crippen LogP contribution in [0.5, 0.6) is 0 Å². The van der Waals surface area contributed by atoms with Crippen molar-refractivity contribution in [1.82, 2.24) is 25.2 Å². The van der Waals surface area contributed by atoms with Gasteiger partial charge in [0, 0.05) is 36.7 Å². The maximum atomic E-state index is 13.0. The van der Waals surface area contributed by atoms with Crippen LogP contribution in [0.1, 0.15) is 35.3 Å². The molecule has 0 aromatic carbocycles. The van der Waals surface area contributed by atoms with Gasteiger partial charge in [0.1, 0.15) is 12.0 Å². The van der Waals surface area contributed by atoms with E-state index in [9.17, 15) is 4.79 Å². The lowest BCUT2D eigenvalue weighted by Crippen LogP contribution is -2.40. The maximum absolute atomic E-state index is 13.0. The molecule has 0 bridgehead atoms. The van der Waals surface area contributed by atoms with E-state index in [2.05, 4.69) is 20.3 Å². The number of nitrogens with zero attached hydrogens (tertiary/aromatic N) is 4. The molecule has 1 saturated heterocycles. The summed E-state index contributed by atoms with van der Waals surface area (Å²) in [6.07, 6.45) is 9.44. The van der Waals surface area contributed by atoms with E-state index >= 15 is 0 Å². The van der Waals surface area contributed by atoms with Gasteiger partial charge in [-0.2, -0.15) is 0 Å². The highest BCUT2D eigenvalue weighted by Gasteiger charge is 2.26. The molecule has 6 nitrogen and oxygen atoms in total. The van der Waals surface area contributed by atoms with Gasteiger partial charge in [0.2, 0.25) is 0 Å². The first-order chi connectivity index (χ1) is 11.7. The fourth-order valence-electron chi connectivity index (χ4n) is 2.94. The molecule has 1 atom stereocenters. The summed E-state index contributed by atoms with van der Waals surface area (Å²) in [5.74, 6) is -0.0811. The predicted molar refractivity (Wildman–Crippen MR) is 91.7 cm³/mol. The number of pyridine rings is 1. The molecule has 1 aliphatic rings. The molecule has 3 rings (SSSR count). The van der Waals surface area contributed by atoms with Gasteiger partial charge in [0.15, 0.2) is 0 Å². The molecule has 1 unspecified atom stereocenters. The summed E-state index contributed by atoms with van der Waals surface area (Å²) in [7, 11) is 0. The third kappa shape index (κ3) is 4.27. The zero-order valence-corrected chi connectivity index (χ0v) is 14.1. The average molecular weight is 346 g/mol. The number of rotatable bonds is 4. The van der Waals surface area contributed by atoms with Crippen molar-refractivity contribution in [1.29, 1.82) is 0 Å². The molecular weight excluding hydrogens is 326 g/mol. The smallest absolute Gasteiger partial charge is 0.272 e. The van der Waals surface area contributed by atoms with E-state index in [0.717, 1.165) is 37.9 Å². The fourth-order valence-corrected chi connectivity index (χ4v) is 3.05. The van der Waals surface area contributed by atoms with E-state index in [0.29, 0.717) is 17.3 Å². The molecule has 3 heterocycles. The monoisotopic (exact) mass is 345 g/mol. The van der Waals surface area contributed by atoms with Crippen molar-refractivity contribution in [2.45, 2.75) is 31.8 Å². The van der Waals surface area contributed by atoms with E-state index in [-0.39, 0.29) is 11.9 Å².